The van der Waals surface area contributed by atoms with E-state index in [4.69, 9.17) is 4.42 Å². The Labute approximate surface area is 127 Å². The summed E-state index contributed by atoms with van der Waals surface area (Å²) in [5, 5.41) is 3.44. The topological polar surface area (TPSA) is 41.3 Å². The zero-order chi connectivity index (χ0) is 15.1. The molecule has 0 saturated carbocycles. The van der Waals surface area contributed by atoms with E-state index in [-0.39, 0.29) is 0 Å². The Bertz CT molecular complexity index is 522. The molecule has 0 aliphatic carbocycles. The second-order valence-corrected chi connectivity index (χ2v) is 5.53. The van der Waals surface area contributed by atoms with Crippen LogP contribution >= 0.6 is 0 Å². The minimum Gasteiger partial charge on any atom is -0.468 e. The highest BCUT2D eigenvalue weighted by atomic mass is 16.3. The van der Waals surface area contributed by atoms with E-state index >= 15 is 0 Å². The summed E-state index contributed by atoms with van der Waals surface area (Å²) in [6, 6.07) is 8.57. The Hall–Kier alpha value is -1.65. The summed E-state index contributed by atoms with van der Waals surface area (Å²) in [5.74, 6) is 1.04. The van der Waals surface area contributed by atoms with Gasteiger partial charge in [-0.3, -0.25) is 9.88 Å². The van der Waals surface area contributed by atoms with Crippen molar-refractivity contribution in [1.82, 2.24) is 15.2 Å². The highest BCUT2D eigenvalue weighted by Crippen LogP contribution is 2.15. The van der Waals surface area contributed by atoms with Crippen LogP contribution in [0.15, 0.2) is 41.1 Å². The largest absolute Gasteiger partial charge is 0.468 e. The minimum absolute atomic E-state index is 0.476. The predicted molar refractivity (Wildman–Crippen MR) is 84.7 cm³/mol. The fraction of sp³-hybridized carbons (Fsp3) is 0.471. The van der Waals surface area contributed by atoms with E-state index in [0.29, 0.717) is 6.04 Å². The molecule has 0 atom stereocenters. The second kappa shape index (κ2) is 7.96. The molecule has 0 spiro atoms. The lowest BCUT2D eigenvalue weighted by Crippen LogP contribution is -2.25. The van der Waals surface area contributed by atoms with Crippen LogP contribution in [0, 0.1) is 0 Å². The monoisotopic (exact) mass is 287 g/mol. The van der Waals surface area contributed by atoms with Crippen LogP contribution in [0.4, 0.5) is 0 Å². The third kappa shape index (κ3) is 4.99. The molecule has 21 heavy (non-hydrogen) atoms. The van der Waals surface area contributed by atoms with E-state index in [0.717, 1.165) is 37.6 Å². The first-order valence-corrected chi connectivity index (χ1v) is 7.60. The van der Waals surface area contributed by atoms with Gasteiger partial charge < -0.3 is 9.73 Å². The Morgan fingerprint density at radius 3 is 2.76 bits per heavy atom. The third-order valence-corrected chi connectivity index (χ3v) is 3.46. The Morgan fingerprint density at radius 1 is 1.24 bits per heavy atom. The van der Waals surface area contributed by atoms with Gasteiger partial charge in [0, 0.05) is 30.9 Å². The quantitative estimate of drug-likeness (QED) is 0.809. The summed E-state index contributed by atoms with van der Waals surface area (Å²) in [6.07, 6.45) is 3.62. The standard InChI is InChI=1S/C17H25N3O/c1-4-20(12-16-7-5-6-9-18-16)13-17-15(8-10-21-17)11-19-14(2)3/h5-10,14,19H,4,11-13H2,1-3H3. The molecule has 2 rings (SSSR count). The molecule has 0 aromatic carbocycles. The lowest BCUT2D eigenvalue weighted by atomic mass is 10.2. The van der Waals surface area contributed by atoms with Crippen molar-refractivity contribution in [2.45, 2.75) is 46.4 Å². The van der Waals surface area contributed by atoms with Crippen LogP contribution in [-0.2, 0) is 19.6 Å². The molecule has 1 N–H and O–H groups in total. The summed E-state index contributed by atoms with van der Waals surface area (Å²) in [6.45, 7) is 9.94. The van der Waals surface area contributed by atoms with Crippen molar-refractivity contribution in [3.63, 3.8) is 0 Å². The molecule has 0 aliphatic heterocycles. The zero-order valence-electron chi connectivity index (χ0n) is 13.2. The maximum atomic E-state index is 5.66. The molecule has 4 nitrogen and oxygen atoms in total. The summed E-state index contributed by atoms with van der Waals surface area (Å²) in [5.41, 5.74) is 2.33. The van der Waals surface area contributed by atoms with Gasteiger partial charge in [0.1, 0.15) is 5.76 Å². The number of pyridine rings is 1. The van der Waals surface area contributed by atoms with Gasteiger partial charge in [0.2, 0.25) is 0 Å². The molecule has 0 aliphatic rings. The van der Waals surface area contributed by atoms with Crippen LogP contribution in [0.3, 0.4) is 0 Å². The fourth-order valence-corrected chi connectivity index (χ4v) is 2.18. The second-order valence-electron chi connectivity index (χ2n) is 5.53. The van der Waals surface area contributed by atoms with Crippen molar-refractivity contribution >= 4 is 0 Å². The van der Waals surface area contributed by atoms with Gasteiger partial charge in [-0.2, -0.15) is 0 Å². The molecule has 0 bridgehead atoms. The van der Waals surface area contributed by atoms with Gasteiger partial charge >= 0.3 is 0 Å². The van der Waals surface area contributed by atoms with E-state index in [1.54, 1.807) is 6.26 Å². The average Bonchev–Trinajstić information content (AvgIpc) is 2.92. The number of aromatic nitrogens is 1. The van der Waals surface area contributed by atoms with Crippen molar-refractivity contribution in [3.05, 3.63) is 53.7 Å². The number of furan rings is 1. The lowest BCUT2D eigenvalue weighted by molar-refractivity contribution is 0.243. The zero-order valence-corrected chi connectivity index (χ0v) is 13.2. The number of hydrogen-bond donors (Lipinski definition) is 1. The molecule has 0 unspecified atom stereocenters. The molecular weight excluding hydrogens is 262 g/mol. The van der Waals surface area contributed by atoms with Crippen LogP contribution in [0.1, 0.15) is 37.8 Å². The Morgan fingerprint density at radius 2 is 2.10 bits per heavy atom. The first kappa shape index (κ1) is 15.7. The van der Waals surface area contributed by atoms with E-state index in [1.807, 2.05) is 18.3 Å². The van der Waals surface area contributed by atoms with Crippen molar-refractivity contribution in [1.29, 1.82) is 0 Å². The molecular formula is C17H25N3O. The summed E-state index contributed by atoms with van der Waals surface area (Å²) >= 11 is 0. The number of hydrogen-bond acceptors (Lipinski definition) is 4. The van der Waals surface area contributed by atoms with Crippen molar-refractivity contribution < 1.29 is 4.42 Å². The van der Waals surface area contributed by atoms with Crippen molar-refractivity contribution in [2.24, 2.45) is 0 Å². The highest BCUT2D eigenvalue weighted by molar-refractivity contribution is 5.17. The van der Waals surface area contributed by atoms with Crippen LogP contribution in [0.5, 0.6) is 0 Å². The lowest BCUT2D eigenvalue weighted by Gasteiger charge is -2.19. The molecule has 2 aromatic heterocycles. The van der Waals surface area contributed by atoms with Gasteiger partial charge in [-0.25, -0.2) is 0 Å². The van der Waals surface area contributed by atoms with Gasteiger partial charge in [0.05, 0.1) is 18.5 Å². The normalized spacial score (nSPS) is 11.5. The fourth-order valence-electron chi connectivity index (χ4n) is 2.18. The molecule has 4 heteroatoms. The Balaban J connectivity index is 1.97. The van der Waals surface area contributed by atoms with Crippen LogP contribution in [0.25, 0.3) is 0 Å². The molecule has 0 radical (unpaired) electrons. The highest BCUT2D eigenvalue weighted by Gasteiger charge is 2.12. The number of rotatable bonds is 8. The van der Waals surface area contributed by atoms with Gasteiger partial charge in [-0.05, 0) is 24.7 Å². The first-order chi connectivity index (χ1) is 10.2. The molecule has 0 amide bonds. The van der Waals surface area contributed by atoms with Crippen LogP contribution < -0.4 is 5.32 Å². The molecule has 0 fully saturated rings. The van der Waals surface area contributed by atoms with Gasteiger partial charge in [0.15, 0.2) is 0 Å². The van der Waals surface area contributed by atoms with E-state index in [1.165, 1.54) is 5.56 Å². The van der Waals surface area contributed by atoms with E-state index in [9.17, 15) is 0 Å². The summed E-state index contributed by atoms with van der Waals surface area (Å²) < 4.78 is 5.66. The van der Waals surface area contributed by atoms with Crippen LogP contribution in [-0.4, -0.2) is 22.5 Å². The van der Waals surface area contributed by atoms with Gasteiger partial charge in [-0.1, -0.05) is 26.8 Å². The third-order valence-electron chi connectivity index (χ3n) is 3.46. The van der Waals surface area contributed by atoms with Gasteiger partial charge in [0.25, 0.3) is 0 Å². The van der Waals surface area contributed by atoms with Gasteiger partial charge in [-0.15, -0.1) is 0 Å². The number of nitrogens with zero attached hydrogens (tertiary/aromatic N) is 2. The molecule has 2 heterocycles. The summed E-state index contributed by atoms with van der Waals surface area (Å²) in [4.78, 5) is 6.73. The smallest absolute Gasteiger partial charge is 0.122 e. The Kier molecular flexibility index (Phi) is 5.96. The average molecular weight is 287 g/mol. The maximum Gasteiger partial charge on any atom is 0.122 e. The summed E-state index contributed by atoms with van der Waals surface area (Å²) in [7, 11) is 0. The van der Waals surface area contributed by atoms with E-state index < -0.39 is 0 Å². The molecule has 114 valence electrons. The molecule has 0 saturated heterocycles. The van der Waals surface area contributed by atoms with Crippen molar-refractivity contribution in [3.8, 4) is 0 Å². The van der Waals surface area contributed by atoms with Crippen molar-refractivity contribution in [2.75, 3.05) is 6.54 Å². The first-order valence-electron chi connectivity index (χ1n) is 7.60. The van der Waals surface area contributed by atoms with E-state index in [2.05, 4.69) is 48.1 Å². The SMILES string of the molecule is CCN(Cc1ccccn1)Cc1occc1CNC(C)C. The maximum absolute atomic E-state index is 5.66. The number of nitrogens with one attached hydrogen (secondary N) is 1. The predicted octanol–water partition coefficient (Wildman–Crippen LogP) is 3.19. The molecule has 2 aromatic rings. The minimum atomic E-state index is 0.476. The van der Waals surface area contributed by atoms with Crippen LogP contribution in [0.2, 0.25) is 0 Å².